The largest absolute Gasteiger partial charge is 0.179 e. The van der Waals surface area contributed by atoms with E-state index in [0.717, 1.165) is 5.75 Å². The molecule has 0 aliphatic heterocycles. The zero-order valence-corrected chi connectivity index (χ0v) is 10.3. The SMILES string of the molecule is PSSCSCCCCS. The highest BCUT2D eigenvalue weighted by molar-refractivity contribution is 8.94. The molecule has 0 aliphatic carbocycles. The van der Waals surface area contributed by atoms with Gasteiger partial charge >= 0.3 is 0 Å². The van der Waals surface area contributed by atoms with Crippen LogP contribution in [0.5, 0.6) is 0 Å². The first kappa shape index (κ1) is 11.8. The van der Waals surface area contributed by atoms with Crippen molar-refractivity contribution in [1.29, 1.82) is 0 Å². The zero-order chi connectivity index (χ0) is 7.66. The molecule has 0 aliphatic rings. The second kappa shape index (κ2) is 10.8. The van der Waals surface area contributed by atoms with Gasteiger partial charge < -0.3 is 0 Å². The van der Waals surface area contributed by atoms with Crippen molar-refractivity contribution in [3.8, 4) is 0 Å². The van der Waals surface area contributed by atoms with Gasteiger partial charge in [0.2, 0.25) is 0 Å². The summed E-state index contributed by atoms with van der Waals surface area (Å²) in [5, 5.41) is 1.21. The van der Waals surface area contributed by atoms with Crippen LogP contribution >= 0.6 is 54.0 Å². The van der Waals surface area contributed by atoms with Gasteiger partial charge in [-0.2, -0.15) is 24.4 Å². The van der Waals surface area contributed by atoms with Crippen LogP contribution in [0.25, 0.3) is 0 Å². The topological polar surface area (TPSA) is 0 Å². The van der Waals surface area contributed by atoms with Crippen LogP contribution in [0.1, 0.15) is 12.8 Å². The molecule has 0 nitrogen and oxygen atoms in total. The molecular formula is C5H13PS4. The van der Waals surface area contributed by atoms with E-state index in [1.807, 2.05) is 22.6 Å². The predicted molar refractivity (Wildman–Crippen MR) is 65.3 cm³/mol. The van der Waals surface area contributed by atoms with Crippen molar-refractivity contribution in [2.45, 2.75) is 12.8 Å². The summed E-state index contributed by atoms with van der Waals surface area (Å²) in [5.74, 6) is 2.32. The molecule has 0 radical (unpaired) electrons. The van der Waals surface area contributed by atoms with Gasteiger partial charge in [0.05, 0.1) is 0 Å². The molecule has 62 valence electrons. The second-order valence-electron chi connectivity index (χ2n) is 1.67. The van der Waals surface area contributed by atoms with E-state index in [2.05, 4.69) is 21.1 Å². The highest BCUT2D eigenvalue weighted by atomic mass is 33.3. The van der Waals surface area contributed by atoms with E-state index in [9.17, 15) is 0 Å². The molecule has 0 bridgehead atoms. The Hall–Kier alpha value is 1.83. The maximum Gasteiger partial charge on any atom is 0.0499 e. The number of rotatable bonds is 7. The van der Waals surface area contributed by atoms with Gasteiger partial charge in [-0.25, -0.2) is 0 Å². The third-order valence-electron chi connectivity index (χ3n) is 0.896. The average molecular weight is 232 g/mol. The van der Waals surface area contributed by atoms with Crippen LogP contribution in [-0.2, 0) is 0 Å². The third-order valence-corrected chi connectivity index (χ3v) is 5.48. The Morgan fingerprint density at radius 1 is 1.30 bits per heavy atom. The first-order valence-electron chi connectivity index (χ1n) is 3.08. The highest BCUT2D eigenvalue weighted by Gasteiger charge is 1.88. The fourth-order valence-electron chi connectivity index (χ4n) is 0.437. The van der Waals surface area contributed by atoms with Gasteiger partial charge in [-0.05, 0) is 24.3 Å². The van der Waals surface area contributed by atoms with Crippen molar-refractivity contribution in [2.24, 2.45) is 0 Å². The summed E-state index contributed by atoms with van der Waals surface area (Å²) in [7, 11) is 6.29. The van der Waals surface area contributed by atoms with Gasteiger partial charge in [0.15, 0.2) is 0 Å². The van der Waals surface area contributed by atoms with Gasteiger partial charge in [0, 0.05) is 5.08 Å². The molecule has 0 N–H and O–H groups in total. The van der Waals surface area contributed by atoms with Crippen LogP contribution < -0.4 is 0 Å². The molecule has 1 unspecified atom stereocenters. The summed E-state index contributed by atoms with van der Waals surface area (Å²) in [6, 6.07) is 0. The second-order valence-corrected chi connectivity index (χ2v) is 7.32. The van der Waals surface area contributed by atoms with Crippen LogP contribution in [0.3, 0.4) is 0 Å². The molecule has 0 aromatic heterocycles. The van der Waals surface area contributed by atoms with E-state index in [1.54, 1.807) is 10.4 Å². The summed E-state index contributed by atoms with van der Waals surface area (Å²) in [4.78, 5) is 0. The molecule has 0 saturated heterocycles. The lowest BCUT2D eigenvalue weighted by Gasteiger charge is -1.97. The first-order chi connectivity index (χ1) is 4.91. The summed E-state index contributed by atoms with van der Waals surface area (Å²) >= 11 is 6.15. The number of unbranched alkanes of at least 4 members (excludes halogenated alkanes) is 1. The van der Waals surface area contributed by atoms with Crippen molar-refractivity contribution in [2.75, 3.05) is 16.6 Å². The molecule has 0 rings (SSSR count). The van der Waals surface area contributed by atoms with E-state index >= 15 is 0 Å². The predicted octanol–water partition coefficient (Wildman–Crippen LogP) is 3.56. The Labute approximate surface area is 83.2 Å². The maximum absolute atomic E-state index is 4.14. The maximum atomic E-state index is 4.14. The minimum absolute atomic E-state index is 1.03. The van der Waals surface area contributed by atoms with Gasteiger partial charge in [0.25, 0.3) is 0 Å². The zero-order valence-electron chi connectivity index (χ0n) is 5.78. The molecule has 0 spiro atoms. The number of hydrogen-bond donors (Lipinski definition) is 1. The molecule has 0 saturated carbocycles. The van der Waals surface area contributed by atoms with Crippen LogP contribution in [0.4, 0.5) is 0 Å². The van der Waals surface area contributed by atoms with Crippen LogP contribution in [0.15, 0.2) is 0 Å². The molecule has 10 heavy (non-hydrogen) atoms. The van der Waals surface area contributed by atoms with E-state index in [-0.39, 0.29) is 0 Å². The highest BCUT2D eigenvalue weighted by Crippen LogP contribution is 2.31. The quantitative estimate of drug-likeness (QED) is 0.234. The molecule has 0 fully saturated rings. The molecule has 1 atom stereocenters. The van der Waals surface area contributed by atoms with Crippen LogP contribution in [0, 0.1) is 0 Å². The minimum Gasteiger partial charge on any atom is -0.179 e. The average Bonchev–Trinajstić information content (AvgIpc) is 1.97. The Balaban J connectivity index is 2.65. The Kier molecular flexibility index (Phi) is 12.8. The molecule has 0 heterocycles. The monoisotopic (exact) mass is 232 g/mol. The normalized spacial score (nSPS) is 10.2. The van der Waals surface area contributed by atoms with Crippen molar-refractivity contribution >= 4 is 54.0 Å². The van der Waals surface area contributed by atoms with Gasteiger partial charge in [0.1, 0.15) is 0 Å². The number of thioether (sulfide) groups is 1. The van der Waals surface area contributed by atoms with E-state index in [1.165, 1.54) is 23.7 Å². The molecule has 0 aromatic carbocycles. The van der Waals surface area contributed by atoms with Crippen molar-refractivity contribution in [3.63, 3.8) is 0 Å². The third kappa shape index (κ3) is 9.83. The first-order valence-corrected chi connectivity index (χ1v) is 8.67. The fraction of sp³-hybridized carbons (Fsp3) is 1.00. The van der Waals surface area contributed by atoms with Crippen molar-refractivity contribution in [3.05, 3.63) is 0 Å². The van der Waals surface area contributed by atoms with E-state index in [0.29, 0.717) is 0 Å². The van der Waals surface area contributed by atoms with Crippen molar-refractivity contribution in [1.82, 2.24) is 0 Å². The number of thiol groups is 1. The Bertz CT molecular complexity index is 53.6. The van der Waals surface area contributed by atoms with E-state index < -0.39 is 0 Å². The summed E-state index contributed by atoms with van der Waals surface area (Å²) < 4.78 is 0. The Morgan fingerprint density at radius 2 is 2.10 bits per heavy atom. The van der Waals surface area contributed by atoms with Gasteiger partial charge in [-0.15, -0.1) is 0 Å². The van der Waals surface area contributed by atoms with Gasteiger partial charge in [-0.3, -0.25) is 0 Å². The molecular weight excluding hydrogens is 219 g/mol. The standard InChI is InChI=1S/C5H13PS4/c6-10-9-5-8-4-2-1-3-7/h7H,1-6H2. The smallest absolute Gasteiger partial charge is 0.0499 e. The summed E-state index contributed by atoms with van der Waals surface area (Å²) in [6.07, 6.45) is 2.57. The van der Waals surface area contributed by atoms with Crippen molar-refractivity contribution < 1.29 is 0 Å². The lowest BCUT2D eigenvalue weighted by Crippen LogP contribution is -1.80. The Morgan fingerprint density at radius 3 is 2.70 bits per heavy atom. The van der Waals surface area contributed by atoms with Crippen LogP contribution in [-0.4, -0.2) is 16.6 Å². The van der Waals surface area contributed by atoms with Crippen LogP contribution in [0.2, 0.25) is 0 Å². The summed E-state index contributed by atoms with van der Waals surface area (Å²) in [5.41, 5.74) is 0. The fourth-order valence-corrected chi connectivity index (χ4v) is 4.65. The van der Waals surface area contributed by atoms with Gasteiger partial charge in [-0.1, -0.05) is 29.6 Å². The minimum atomic E-state index is 1.03. The lowest BCUT2D eigenvalue weighted by molar-refractivity contribution is 0.911. The van der Waals surface area contributed by atoms with E-state index in [4.69, 9.17) is 0 Å². The lowest BCUT2D eigenvalue weighted by atomic mass is 10.4. The molecule has 0 aromatic rings. The summed E-state index contributed by atoms with van der Waals surface area (Å²) in [6.45, 7) is 0. The molecule has 0 amide bonds. The molecule has 5 heteroatoms. The number of hydrogen-bond acceptors (Lipinski definition) is 4.